The summed E-state index contributed by atoms with van der Waals surface area (Å²) in [6, 6.07) is 12.3. The third-order valence-electron chi connectivity index (χ3n) is 3.30. The van der Waals surface area contributed by atoms with E-state index in [0.717, 1.165) is 29.1 Å². The van der Waals surface area contributed by atoms with Crippen molar-refractivity contribution < 1.29 is 4.74 Å². The Hall–Kier alpha value is -2.20. The Morgan fingerprint density at radius 3 is 2.90 bits per heavy atom. The van der Waals surface area contributed by atoms with Gasteiger partial charge in [-0.3, -0.25) is 0 Å². The van der Waals surface area contributed by atoms with E-state index in [-0.39, 0.29) is 0 Å². The summed E-state index contributed by atoms with van der Waals surface area (Å²) < 4.78 is 7.32. The summed E-state index contributed by atoms with van der Waals surface area (Å²) in [6.07, 6.45) is 1.80. The van der Waals surface area contributed by atoms with Crippen molar-refractivity contribution in [2.75, 3.05) is 13.7 Å². The summed E-state index contributed by atoms with van der Waals surface area (Å²) in [5.74, 6) is 0.944. The van der Waals surface area contributed by atoms with Gasteiger partial charge in [-0.05, 0) is 25.1 Å². The van der Waals surface area contributed by atoms with Crippen LogP contribution in [0.5, 0.6) is 0 Å². The first-order chi connectivity index (χ1) is 9.79. The maximum atomic E-state index is 5.20. The molecular weight excluding hydrogens is 250 g/mol. The van der Waals surface area contributed by atoms with E-state index in [1.54, 1.807) is 13.3 Å². The summed E-state index contributed by atoms with van der Waals surface area (Å²) in [6.45, 7) is 3.47. The molecule has 0 bridgehead atoms. The zero-order valence-electron chi connectivity index (χ0n) is 11.7. The van der Waals surface area contributed by atoms with Gasteiger partial charge in [0.2, 0.25) is 0 Å². The average Bonchev–Trinajstić information content (AvgIpc) is 2.84. The molecule has 3 rings (SSSR count). The Kier molecular flexibility index (Phi) is 3.48. The average molecular weight is 267 g/mol. The second-order valence-electron chi connectivity index (χ2n) is 4.80. The Balaban J connectivity index is 2.18. The van der Waals surface area contributed by atoms with Crippen molar-refractivity contribution in [2.24, 2.45) is 0 Å². The van der Waals surface area contributed by atoms with Gasteiger partial charge in [0.1, 0.15) is 11.3 Å². The fourth-order valence-electron chi connectivity index (χ4n) is 2.36. The van der Waals surface area contributed by atoms with Crippen LogP contribution in [0.3, 0.4) is 0 Å². The highest BCUT2D eigenvalue weighted by atomic mass is 16.5. The molecule has 0 radical (unpaired) electrons. The molecule has 102 valence electrons. The van der Waals surface area contributed by atoms with Crippen LogP contribution in [0.4, 0.5) is 0 Å². The van der Waals surface area contributed by atoms with Gasteiger partial charge in [-0.2, -0.15) is 0 Å². The number of pyridine rings is 1. The minimum Gasteiger partial charge on any atom is -0.383 e. The van der Waals surface area contributed by atoms with Crippen LogP contribution in [-0.2, 0) is 11.3 Å². The number of nitrogens with zero attached hydrogens (tertiary/aromatic N) is 3. The molecular formula is C16H17N3O. The lowest BCUT2D eigenvalue weighted by atomic mass is 10.1. The molecule has 0 N–H and O–H groups in total. The van der Waals surface area contributed by atoms with Crippen molar-refractivity contribution in [1.82, 2.24) is 14.5 Å². The molecule has 2 aromatic heterocycles. The van der Waals surface area contributed by atoms with E-state index in [2.05, 4.69) is 40.7 Å². The van der Waals surface area contributed by atoms with E-state index in [9.17, 15) is 0 Å². The molecule has 0 aliphatic carbocycles. The van der Waals surface area contributed by atoms with Gasteiger partial charge in [-0.15, -0.1) is 0 Å². The molecule has 0 aliphatic rings. The molecule has 1 aromatic carbocycles. The number of hydrogen-bond acceptors (Lipinski definition) is 3. The van der Waals surface area contributed by atoms with Crippen LogP contribution in [0.15, 0.2) is 42.6 Å². The number of ether oxygens (including phenoxy) is 1. The minimum absolute atomic E-state index is 0.640. The lowest BCUT2D eigenvalue weighted by Gasteiger charge is -2.08. The standard InChI is InChI=1S/C16H17N3O/c1-12-5-3-6-13(11-12)15-18-14-7-4-8-17-16(14)19(15)9-10-20-2/h3-8,11H,9-10H2,1-2H3. The predicted molar refractivity (Wildman–Crippen MR) is 79.6 cm³/mol. The Bertz CT molecular complexity index is 733. The van der Waals surface area contributed by atoms with E-state index in [1.807, 2.05) is 12.1 Å². The first-order valence-corrected chi connectivity index (χ1v) is 6.67. The highest BCUT2D eigenvalue weighted by Crippen LogP contribution is 2.24. The molecule has 2 heterocycles. The summed E-state index contributed by atoms with van der Waals surface area (Å²) in [5.41, 5.74) is 4.15. The van der Waals surface area contributed by atoms with Crippen molar-refractivity contribution in [3.05, 3.63) is 48.2 Å². The molecule has 0 spiro atoms. The van der Waals surface area contributed by atoms with Gasteiger partial charge >= 0.3 is 0 Å². The van der Waals surface area contributed by atoms with E-state index in [4.69, 9.17) is 9.72 Å². The Morgan fingerprint density at radius 1 is 1.20 bits per heavy atom. The van der Waals surface area contributed by atoms with Crippen molar-refractivity contribution in [3.8, 4) is 11.4 Å². The molecule has 0 amide bonds. The van der Waals surface area contributed by atoms with Crippen LogP contribution in [-0.4, -0.2) is 28.3 Å². The van der Waals surface area contributed by atoms with Crippen molar-refractivity contribution >= 4 is 11.2 Å². The first-order valence-electron chi connectivity index (χ1n) is 6.67. The van der Waals surface area contributed by atoms with Crippen LogP contribution in [0, 0.1) is 6.92 Å². The Morgan fingerprint density at radius 2 is 2.10 bits per heavy atom. The van der Waals surface area contributed by atoms with Gasteiger partial charge in [0.25, 0.3) is 0 Å². The quantitative estimate of drug-likeness (QED) is 0.729. The monoisotopic (exact) mass is 267 g/mol. The molecule has 0 fully saturated rings. The van der Waals surface area contributed by atoms with E-state index < -0.39 is 0 Å². The highest BCUT2D eigenvalue weighted by molar-refractivity contribution is 5.77. The van der Waals surface area contributed by atoms with Crippen LogP contribution in [0.2, 0.25) is 0 Å². The van der Waals surface area contributed by atoms with Crippen molar-refractivity contribution in [2.45, 2.75) is 13.5 Å². The molecule has 4 nitrogen and oxygen atoms in total. The maximum absolute atomic E-state index is 5.20. The van der Waals surface area contributed by atoms with E-state index in [0.29, 0.717) is 6.61 Å². The number of rotatable bonds is 4. The molecule has 3 aromatic rings. The van der Waals surface area contributed by atoms with Gasteiger partial charge in [-0.25, -0.2) is 9.97 Å². The number of aryl methyl sites for hydroxylation is 1. The highest BCUT2D eigenvalue weighted by Gasteiger charge is 2.13. The zero-order chi connectivity index (χ0) is 13.9. The molecule has 20 heavy (non-hydrogen) atoms. The van der Waals surface area contributed by atoms with Crippen LogP contribution < -0.4 is 0 Å². The number of methoxy groups -OCH3 is 1. The van der Waals surface area contributed by atoms with E-state index >= 15 is 0 Å². The van der Waals surface area contributed by atoms with Gasteiger partial charge in [0, 0.05) is 25.4 Å². The van der Waals surface area contributed by atoms with E-state index in [1.165, 1.54) is 5.56 Å². The molecule has 0 saturated carbocycles. The lowest BCUT2D eigenvalue weighted by molar-refractivity contribution is 0.188. The summed E-state index contributed by atoms with van der Waals surface area (Å²) in [5, 5.41) is 0. The van der Waals surface area contributed by atoms with Crippen LogP contribution in [0.1, 0.15) is 5.56 Å². The maximum Gasteiger partial charge on any atom is 0.160 e. The van der Waals surface area contributed by atoms with Crippen LogP contribution in [0.25, 0.3) is 22.6 Å². The van der Waals surface area contributed by atoms with Gasteiger partial charge in [0.05, 0.1) is 6.61 Å². The smallest absolute Gasteiger partial charge is 0.160 e. The first kappa shape index (κ1) is 12.8. The number of aromatic nitrogens is 3. The number of hydrogen-bond donors (Lipinski definition) is 0. The minimum atomic E-state index is 0.640. The molecule has 4 heteroatoms. The fraction of sp³-hybridized carbons (Fsp3) is 0.250. The van der Waals surface area contributed by atoms with Gasteiger partial charge in [0.15, 0.2) is 5.65 Å². The topological polar surface area (TPSA) is 39.9 Å². The van der Waals surface area contributed by atoms with Crippen molar-refractivity contribution in [3.63, 3.8) is 0 Å². The molecule has 0 aliphatic heterocycles. The Labute approximate surface area is 118 Å². The zero-order valence-corrected chi connectivity index (χ0v) is 11.7. The number of fused-ring (bicyclic) bond motifs is 1. The number of imidazole rings is 1. The third kappa shape index (κ3) is 2.30. The molecule has 0 unspecified atom stereocenters. The summed E-state index contributed by atoms with van der Waals surface area (Å²) in [4.78, 5) is 9.17. The normalized spacial score (nSPS) is 11.1. The fourth-order valence-corrected chi connectivity index (χ4v) is 2.36. The van der Waals surface area contributed by atoms with Crippen LogP contribution >= 0.6 is 0 Å². The summed E-state index contributed by atoms with van der Waals surface area (Å²) >= 11 is 0. The van der Waals surface area contributed by atoms with Gasteiger partial charge in [-0.1, -0.05) is 23.8 Å². The summed E-state index contributed by atoms with van der Waals surface area (Å²) in [7, 11) is 1.71. The molecule has 0 saturated heterocycles. The molecule has 0 atom stereocenters. The SMILES string of the molecule is COCCn1c(-c2cccc(C)c2)nc2cccnc21. The van der Waals surface area contributed by atoms with Crippen molar-refractivity contribution in [1.29, 1.82) is 0 Å². The predicted octanol–water partition coefficient (Wildman–Crippen LogP) is 3.05. The lowest BCUT2D eigenvalue weighted by Crippen LogP contribution is -2.06. The largest absolute Gasteiger partial charge is 0.383 e. The second kappa shape index (κ2) is 5.43. The van der Waals surface area contributed by atoms with Gasteiger partial charge < -0.3 is 9.30 Å². The third-order valence-corrected chi connectivity index (χ3v) is 3.30. The number of benzene rings is 1. The second-order valence-corrected chi connectivity index (χ2v) is 4.80.